The molecule has 0 aromatic carbocycles. The number of aromatic nitrogens is 1. The number of amides is 2. The maximum atomic E-state index is 12.3. The van der Waals surface area contributed by atoms with Crippen LogP contribution >= 0.6 is 0 Å². The number of carbonyl (C=O) groups is 1. The van der Waals surface area contributed by atoms with Crippen molar-refractivity contribution in [3.05, 3.63) is 11.3 Å². The minimum absolute atomic E-state index is 0.0437. The van der Waals surface area contributed by atoms with E-state index in [4.69, 9.17) is 14.0 Å². The lowest BCUT2D eigenvalue weighted by Gasteiger charge is -2.33. The van der Waals surface area contributed by atoms with Gasteiger partial charge in [-0.05, 0) is 37.8 Å². The zero-order valence-electron chi connectivity index (χ0n) is 13.8. The van der Waals surface area contributed by atoms with Crippen molar-refractivity contribution in [2.75, 3.05) is 33.4 Å². The summed E-state index contributed by atoms with van der Waals surface area (Å²) in [5.74, 6) is 1.75. The van der Waals surface area contributed by atoms with Gasteiger partial charge in [-0.1, -0.05) is 0 Å². The van der Waals surface area contributed by atoms with Gasteiger partial charge in [0.15, 0.2) is 0 Å². The average molecular weight is 323 g/mol. The van der Waals surface area contributed by atoms with E-state index in [9.17, 15) is 4.79 Å². The van der Waals surface area contributed by atoms with Crippen LogP contribution in [-0.2, 0) is 4.74 Å². The number of hydrogen-bond donors (Lipinski definition) is 1. The van der Waals surface area contributed by atoms with Gasteiger partial charge < -0.3 is 24.2 Å². The van der Waals surface area contributed by atoms with Crippen molar-refractivity contribution < 1.29 is 18.8 Å². The van der Waals surface area contributed by atoms with Crippen LogP contribution in [0.5, 0.6) is 5.88 Å². The van der Waals surface area contributed by atoms with E-state index in [2.05, 4.69) is 10.5 Å². The molecule has 0 spiro atoms. The molecule has 0 saturated carbocycles. The van der Waals surface area contributed by atoms with Crippen LogP contribution in [-0.4, -0.2) is 55.5 Å². The van der Waals surface area contributed by atoms with Crippen molar-refractivity contribution in [1.29, 1.82) is 0 Å². The van der Waals surface area contributed by atoms with E-state index in [-0.39, 0.29) is 12.1 Å². The number of urea groups is 1. The zero-order valence-corrected chi connectivity index (χ0v) is 13.8. The fourth-order valence-corrected chi connectivity index (χ4v) is 3.36. The van der Waals surface area contributed by atoms with E-state index in [1.807, 2.05) is 11.8 Å². The SMILES string of the molecule is COc1noc(C2CCN(C(=O)NC3CCOCC3)CC2)c1C. The van der Waals surface area contributed by atoms with Crippen LogP contribution in [0.4, 0.5) is 4.79 Å². The quantitative estimate of drug-likeness (QED) is 0.921. The summed E-state index contributed by atoms with van der Waals surface area (Å²) in [5, 5.41) is 7.06. The largest absolute Gasteiger partial charge is 0.479 e. The summed E-state index contributed by atoms with van der Waals surface area (Å²) >= 11 is 0. The Morgan fingerprint density at radius 1 is 1.26 bits per heavy atom. The minimum Gasteiger partial charge on any atom is -0.479 e. The Kier molecular flexibility index (Phi) is 5.05. The van der Waals surface area contributed by atoms with E-state index in [0.717, 1.165) is 63.3 Å². The molecule has 7 nitrogen and oxygen atoms in total. The average Bonchev–Trinajstić information content (AvgIpc) is 2.96. The summed E-state index contributed by atoms with van der Waals surface area (Å²) in [6.45, 7) is 4.92. The van der Waals surface area contributed by atoms with Crippen molar-refractivity contribution in [3.8, 4) is 5.88 Å². The molecule has 3 rings (SSSR count). The minimum atomic E-state index is 0.0437. The van der Waals surface area contributed by atoms with Crippen molar-refractivity contribution in [1.82, 2.24) is 15.4 Å². The van der Waals surface area contributed by atoms with E-state index < -0.39 is 0 Å². The number of likely N-dealkylation sites (tertiary alicyclic amines) is 1. The number of hydrogen-bond acceptors (Lipinski definition) is 5. The van der Waals surface area contributed by atoms with Gasteiger partial charge in [-0.2, -0.15) is 0 Å². The third-order valence-electron chi connectivity index (χ3n) is 4.81. The topological polar surface area (TPSA) is 76.8 Å². The fraction of sp³-hybridized carbons (Fsp3) is 0.750. The summed E-state index contributed by atoms with van der Waals surface area (Å²) in [4.78, 5) is 14.2. The monoisotopic (exact) mass is 323 g/mol. The van der Waals surface area contributed by atoms with E-state index in [1.165, 1.54) is 0 Å². The Bertz CT molecular complexity index is 531. The Labute approximate surface area is 136 Å². The van der Waals surface area contributed by atoms with Crippen LogP contribution in [0.1, 0.15) is 42.9 Å². The van der Waals surface area contributed by atoms with Gasteiger partial charge >= 0.3 is 6.03 Å². The number of piperidine rings is 1. The summed E-state index contributed by atoms with van der Waals surface area (Å²) in [7, 11) is 1.60. The second kappa shape index (κ2) is 7.21. The predicted molar refractivity (Wildman–Crippen MR) is 83.7 cm³/mol. The highest BCUT2D eigenvalue weighted by Crippen LogP contribution is 2.33. The highest BCUT2D eigenvalue weighted by Gasteiger charge is 2.29. The van der Waals surface area contributed by atoms with Crippen LogP contribution in [0.15, 0.2) is 4.52 Å². The van der Waals surface area contributed by atoms with E-state index >= 15 is 0 Å². The van der Waals surface area contributed by atoms with Crippen molar-refractivity contribution in [2.24, 2.45) is 0 Å². The zero-order chi connectivity index (χ0) is 16.2. The molecule has 3 heterocycles. The lowest BCUT2D eigenvalue weighted by Crippen LogP contribution is -2.49. The van der Waals surface area contributed by atoms with Crippen LogP contribution in [0.2, 0.25) is 0 Å². The van der Waals surface area contributed by atoms with Crippen molar-refractivity contribution in [3.63, 3.8) is 0 Å². The summed E-state index contributed by atoms with van der Waals surface area (Å²) in [5.41, 5.74) is 0.970. The van der Waals surface area contributed by atoms with Gasteiger partial charge in [0.2, 0.25) is 0 Å². The molecule has 1 aromatic rings. The molecule has 0 radical (unpaired) electrons. The Morgan fingerprint density at radius 2 is 1.96 bits per heavy atom. The third-order valence-corrected chi connectivity index (χ3v) is 4.81. The number of carbonyl (C=O) groups excluding carboxylic acids is 1. The number of nitrogens with one attached hydrogen (secondary N) is 1. The third kappa shape index (κ3) is 3.60. The molecule has 1 N–H and O–H groups in total. The number of nitrogens with zero attached hydrogens (tertiary/aromatic N) is 2. The van der Waals surface area contributed by atoms with Gasteiger partial charge in [0.1, 0.15) is 5.76 Å². The van der Waals surface area contributed by atoms with E-state index in [0.29, 0.717) is 11.8 Å². The van der Waals surface area contributed by atoms with E-state index in [1.54, 1.807) is 7.11 Å². The van der Waals surface area contributed by atoms with Gasteiger partial charge in [0, 0.05) is 38.3 Å². The molecule has 7 heteroatoms. The van der Waals surface area contributed by atoms with Crippen molar-refractivity contribution in [2.45, 2.75) is 44.6 Å². The first-order valence-electron chi connectivity index (χ1n) is 8.32. The normalized spacial score (nSPS) is 20.5. The first-order chi connectivity index (χ1) is 11.2. The molecule has 128 valence electrons. The highest BCUT2D eigenvalue weighted by atomic mass is 16.5. The van der Waals surface area contributed by atoms with Crippen LogP contribution in [0.3, 0.4) is 0 Å². The Morgan fingerprint density at radius 3 is 2.57 bits per heavy atom. The summed E-state index contributed by atoms with van der Waals surface area (Å²) in [6, 6.07) is 0.289. The molecular formula is C16H25N3O4. The van der Waals surface area contributed by atoms with Crippen LogP contribution in [0.25, 0.3) is 0 Å². The summed E-state index contributed by atoms with van der Waals surface area (Å²) in [6.07, 6.45) is 3.58. The van der Waals surface area contributed by atoms with Crippen molar-refractivity contribution >= 4 is 6.03 Å². The maximum absolute atomic E-state index is 12.3. The molecule has 2 saturated heterocycles. The van der Waals surface area contributed by atoms with Crippen LogP contribution < -0.4 is 10.1 Å². The lowest BCUT2D eigenvalue weighted by molar-refractivity contribution is 0.0774. The fourth-order valence-electron chi connectivity index (χ4n) is 3.36. The Hall–Kier alpha value is -1.76. The second-order valence-corrected chi connectivity index (χ2v) is 6.28. The van der Waals surface area contributed by atoms with Crippen LogP contribution in [0, 0.1) is 6.92 Å². The van der Waals surface area contributed by atoms with Gasteiger partial charge in [-0.3, -0.25) is 0 Å². The molecule has 2 aliphatic heterocycles. The lowest BCUT2D eigenvalue weighted by atomic mass is 9.92. The molecule has 2 amide bonds. The van der Waals surface area contributed by atoms with Gasteiger partial charge in [0.25, 0.3) is 5.88 Å². The molecule has 2 aliphatic rings. The number of methoxy groups -OCH3 is 1. The molecule has 23 heavy (non-hydrogen) atoms. The predicted octanol–water partition coefficient (Wildman–Crippen LogP) is 2.06. The number of rotatable bonds is 3. The second-order valence-electron chi connectivity index (χ2n) is 6.28. The smallest absolute Gasteiger partial charge is 0.317 e. The van der Waals surface area contributed by atoms with Gasteiger partial charge in [-0.25, -0.2) is 4.79 Å². The molecular weight excluding hydrogens is 298 g/mol. The molecule has 2 fully saturated rings. The maximum Gasteiger partial charge on any atom is 0.317 e. The Balaban J connectivity index is 1.51. The molecule has 1 aromatic heterocycles. The molecule has 0 unspecified atom stereocenters. The van der Waals surface area contributed by atoms with Gasteiger partial charge in [0.05, 0.1) is 12.7 Å². The molecule has 0 aliphatic carbocycles. The van der Waals surface area contributed by atoms with Gasteiger partial charge in [-0.15, -0.1) is 0 Å². The number of ether oxygens (including phenoxy) is 2. The first kappa shape index (κ1) is 16.1. The molecule has 0 bridgehead atoms. The summed E-state index contributed by atoms with van der Waals surface area (Å²) < 4.78 is 15.9. The highest BCUT2D eigenvalue weighted by molar-refractivity contribution is 5.74. The first-order valence-corrected chi connectivity index (χ1v) is 8.32. The molecule has 0 atom stereocenters. The standard InChI is InChI=1S/C16H25N3O4/c1-11-14(23-18-15(11)21-2)12-3-7-19(8-4-12)16(20)17-13-5-9-22-10-6-13/h12-13H,3-10H2,1-2H3,(H,17,20).